The van der Waals surface area contributed by atoms with Crippen molar-refractivity contribution in [2.45, 2.75) is 0 Å². The Bertz CT molecular complexity index is 851. The van der Waals surface area contributed by atoms with Crippen molar-refractivity contribution >= 4 is 18.0 Å². The van der Waals surface area contributed by atoms with Gasteiger partial charge in [0.15, 0.2) is 0 Å². The van der Waals surface area contributed by atoms with Gasteiger partial charge in [-0.25, -0.2) is 0 Å². The summed E-state index contributed by atoms with van der Waals surface area (Å²) in [5.74, 6) is 0.720. The summed E-state index contributed by atoms with van der Waals surface area (Å²) in [4.78, 5) is 12.2. The molecule has 1 aromatic carbocycles. The first-order chi connectivity index (χ1) is 11.8. The minimum absolute atomic E-state index is 0. The van der Waals surface area contributed by atoms with Crippen LogP contribution in [0, 0.1) is 12.1 Å². The molecule has 0 atom stereocenters. The maximum absolute atomic E-state index is 4.11. The van der Waals surface area contributed by atoms with E-state index in [2.05, 4.69) is 38.2 Å². The van der Waals surface area contributed by atoms with E-state index < -0.39 is 0 Å². The van der Waals surface area contributed by atoms with Gasteiger partial charge in [0.05, 0.1) is 10.5 Å². The van der Waals surface area contributed by atoms with E-state index in [1.54, 1.807) is 52.5 Å². The zero-order valence-electron chi connectivity index (χ0n) is 13.4. The topological polar surface area (TPSA) is 57.0 Å². The van der Waals surface area contributed by atoms with E-state index in [1.807, 2.05) is 31.3 Å². The van der Waals surface area contributed by atoms with Gasteiger partial charge in [-0.2, -0.15) is 6.07 Å². The summed E-state index contributed by atoms with van der Waals surface area (Å²) in [6.45, 7) is 0. The first-order valence-electron chi connectivity index (χ1n) is 7.22. The fourth-order valence-electron chi connectivity index (χ4n) is 1.85. The quantitative estimate of drug-likeness (QED) is 0.396. The maximum Gasteiger partial charge on any atom is 0.420 e. The molecule has 0 fully saturated rings. The Hall–Kier alpha value is -2.85. The Morgan fingerprint density at radius 3 is 2.44 bits per heavy atom. The molecule has 3 heterocycles. The zero-order chi connectivity index (χ0) is 16.6. The normalized spacial score (nSPS) is 11.6. The molecule has 0 saturated carbocycles. The summed E-state index contributed by atoms with van der Waals surface area (Å²) in [5.41, 5.74) is 1.72. The zero-order valence-corrected chi connectivity index (χ0v) is 15.8. The second-order valence-electron chi connectivity index (χ2n) is 4.73. The van der Waals surface area contributed by atoms with Crippen molar-refractivity contribution in [3.05, 3.63) is 73.3 Å². The molecule has 3 aromatic rings. The van der Waals surface area contributed by atoms with Gasteiger partial charge in [0.1, 0.15) is 12.7 Å². The third-order valence-corrected chi connectivity index (χ3v) is 2.93. The average Bonchev–Trinajstić information content (AvgIpc) is 3.11. The van der Waals surface area contributed by atoms with Crippen LogP contribution in [0.5, 0.6) is 0 Å². The summed E-state index contributed by atoms with van der Waals surface area (Å²) < 4.78 is 3.33. The summed E-state index contributed by atoms with van der Waals surface area (Å²) >= 11 is 0. The Labute approximate surface area is 159 Å². The maximum atomic E-state index is 4.11. The molecule has 0 N–H and O–H groups in total. The van der Waals surface area contributed by atoms with Crippen molar-refractivity contribution in [3.63, 3.8) is 0 Å². The molecule has 0 unspecified atom stereocenters. The van der Waals surface area contributed by atoms with Crippen LogP contribution in [0.25, 0.3) is 11.4 Å². The first kappa shape index (κ1) is 18.5. The van der Waals surface area contributed by atoms with Crippen molar-refractivity contribution in [3.8, 4) is 11.4 Å². The van der Waals surface area contributed by atoms with Crippen LogP contribution in [0.1, 0.15) is 0 Å². The van der Waals surface area contributed by atoms with E-state index in [9.17, 15) is 0 Å². The third-order valence-electron chi connectivity index (χ3n) is 2.93. The van der Waals surface area contributed by atoms with Gasteiger partial charge in [-0.3, -0.25) is 9.97 Å². The van der Waals surface area contributed by atoms with Gasteiger partial charge in [0.25, 0.3) is 0 Å². The minimum Gasteiger partial charge on any atom is -0.386 e. The number of benzene rings is 1. The number of hydrogen-bond acceptors (Lipinski definition) is 4. The molecule has 4 rings (SSSR count). The predicted molar refractivity (Wildman–Crippen MR) is 89.0 cm³/mol. The van der Waals surface area contributed by atoms with Crippen molar-refractivity contribution < 1.29 is 29.4 Å². The molecule has 0 amide bonds. The molecule has 0 saturated heterocycles. The van der Waals surface area contributed by atoms with Gasteiger partial charge in [-0.1, -0.05) is 6.20 Å². The minimum atomic E-state index is 0. The van der Waals surface area contributed by atoms with Crippen LogP contribution >= 0.6 is 0 Å². The molecule has 125 valence electrons. The van der Waals surface area contributed by atoms with E-state index in [0.29, 0.717) is 0 Å². The number of nitrogens with zero attached hydrogens (tertiary/aromatic N) is 6. The number of hydrogen-bond donors (Lipinski definition) is 0. The van der Waals surface area contributed by atoms with E-state index in [-0.39, 0.29) is 20.1 Å². The van der Waals surface area contributed by atoms with Crippen LogP contribution < -0.4 is 0 Å². The molecule has 0 spiro atoms. The van der Waals surface area contributed by atoms with Gasteiger partial charge in [0, 0.05) is 32.5 Å². The molecule has 1 aliphatic rings. The molecular weight excluding hydrogens is 492 g/mol. The van der Waals surface area contributed by atoms with Crippen LogP contribution in [0.2, 0.25) is 0 Å². The fourth-order valence-corrected chi connectivity index (χ4v) is 1.85. The second-order valence-corrected chi connectivity index (χ2v) is 4.73. The number of aromatic nitrogens is 3. The standard InChI is InChI=1S/C10H7N2.C8H7N4.Ir/c1-2-5-9(6-3-1)10-11-7-4-8-12-10;1-11-6-10-12(7-11)8-3-2-4-9-5-8;/h1-5,7-8H;2,4-6H,1H3;/q-1;+1;. The predicted octanol–water partition coefficient (Wildman–Crippen LogP) is 2.24. The molecule has 1 aliphatic heterocycles. The molecule has 25 heavy (non-hydrogen) atoms. The van der Waals surface area contributed by atoms with Crippen molar-refractivity contribution in [1.82, 2.24) is 15.0 Å². The molecule has 7 heteroatoms. The van der Waals surface area contributed by atoms with Gasteiger partial charge >= 0.3 is 12.3 Å². The number of pyridine rings is 1. The molecule has 1 radical (unpaired) electrons. The Morgan fingerprint density at radius 2 is 1.84 bits per heavy atom. The monoisotopic (exact) mass is 507 g/mol. The van der Waals surface area contributed by atoms with Gasteiger partial charge in [-0.15, -0.1) is 46.5 Å². The second kappa shape index (κ2) is 9.45. The van der Waals surface area contributed by atoms with Gasteiger partial charge in [-0.05, 0) is 12.3 Å². The smallest absolute Gasteiger partial charge is 0.386 e. The summed E-state index contributed by atoms with van der Waals surface area (Å²) in [6.07, 6.45) is 8.48. The molecule has 6 nitrogen and oxygen atoms in total. The molecule has 0 aliphatic carbocycles. The Morgan fingerprint density at radius 1 is 1.00 bits per heavy atom. The van der Waals surface area contributed by atoms with Crippen LogP contribution in [0.4, 0.5) is 5.69 Å². The summed E-state index contributed by atoms with van der Waals surface area (Å²) in [6, 6.07) is 20.2. The van der Waals surface area contributed by atoms with E-state index >= 15 is 0 Å². The molecular formula is C18H14IrN6. The van der Waals surface area contributed by atoms with Gasteiger partial charge < -0.3 is 4.98 Å². The fraction of sp³-hybridized carbons (Fsp3) is 0.0556. The molecule has 0 bridgehead atoms. The van der Waals surface area contributed by atoms with Crippen LogP contribution in [0.15, 0.2) is 66.3 Å². The van der Waals surface area contributed by atoms with Crippen molar-refractivity contribution in [1.29, 1.82) is 0 Å². The average molecular weight is 507 g/mol. The van der Waals surface area contributed by atoms with Crippen LogP contribution in [-0.2, 0) is 20.1 Å². The van der Waals surface area contributed by atoms with Crippen LogP contribution in [0.3, 0.4) is 0 Å². The van der Waals surface area contributed by atoms with E-state index in [1.165, 1.54) is 0 Å². The third kappa shape index (κ3) is 5.33. The van der Waals surface area contributed by atoms with E-state index in [4.69, 9.17) is 0 Å². The summed E-state index contributed by atoms with van der Waals surface area (Å²) in [7, 11) is 1.86. The van der Waals surface area contributed by atoms with Crippen LogP contribution in [-0.4, -0.2) is 43.6 Å². The number of hydrazone groups is 1. The Balaban J connectivity index is 0.000000173. The SMILES string of the molecule is C[N+]1=C=[N+](c2[c-]ccnc2)N=C1.[Ir].[c-]1ccccc1-c1ncccn1. The largest absolute Gasteiger partial charge is 0.420 e. The number of rotatable bonds is 2. The van der Waals surface area contributed by atoms with Crippen molar-refractivity contribution in [2.24, 2.45) is 5.10 Å². The summed E-state index contributed by atoms with van der Waals surface area (Å²) in [5, 5.41) is 4.04. The van der Waals surface area contributed by atoms with Gasteiger partial charge in [0.2, 0.25) is 5.10 Å². The Kier molecular flexibility index (Phi) is 6.99. The van der Waals surface area contributed by atoms with E-state index in [0.717, 1.165) is 17.1 Å². The molecule has 2 aromatic heterocycles. The first-order valence-corrected chi connectivity index (χ1v) is 7.22. The van der Waals surface area contributed by atoms with Crippen molar-refractivity contribution in [2.75, 3.05) is 7.05 Å².